The van der Waals surface area contributed by atoms with Crippen molar-refractivity contribution in [1.82, 2.24) is 5.16 Å². The highest BCUT2D eigenvalue weighted by Gasteiger charge is 2.48. The van der Waals surface area contributed by atoms with Crippen LogP contribution in [0.25, 0.3) is 5.76 Å². The summed E-state index contributed by atoms with van der Waals surface area (Å²) < 4.78 is 10.6. The third-order valence-electron chi connectivity index (χ3n) is 5.02. The molecule has 3 aromatic rings. The van der Waals surface area contributed by atoms with E-state index in [1.807, 2.05) is 0 Å². The number of aromatic nitrogens is 1. The highest BCUT2D eigenvalue weighted by Crippen LogP contribution is 2.43. The Morgan fingerprint density at radius 1 is 1.19 bits per heavy atom. The molecule has 2 N–H and O–H groups in total. The van der Waals surface area contributed by atoms with Crippen LogP contribution in [0.2, 0.25) is 5.02 Å². The topological polar surface area (TPSA) is 113 Å². The number of phenolic OH excluding ortho intramolecular Hbond substituents is 1. The van der Waals surface area contributed by atoms with Crippen molar-refractivity contribution in [2.75, 3.05) is 11.5 Å². The van der Waals surface area contributed by atoms with Crippen LogP contribution in [0.5, 0.6) is 11.5 Å². The molecule has 9 heteroatoms. The van der Waals surface area contributed by atoms with Crippen LogP contribution in [-0.2, 0) is 9.59 Å². The number of hydrogen-bond acceptors (Lipinski definition) is 7. The highest BCUT2D eigenvalue weighted by molar-refractivity contribution is 6.51. The minimum atomic E-state index is -1.03. The lowest BCUT2D eigenvalue weighted by Crippen LogP contribution is -2.29. The number of anilines is 1. The quantitative estimate of drug-likeness (QED) is 0.334. The summed E-state index contributed by atoms with van der Waals surface area (Å²) in [5.41, 5.74) is 0.616. The minimum Gasteiger partial charge on any atom is -0.507 e. The molecule has 1 unspecified atom stereocenters. The number of aromatic hydroxyl groups is 1. The Morgan fingerprint density at radius 3 is 2.53 bits per heavy atom. The lowest BCUT2D eigenvalue weighted by atomic mass is 9.95. The highest BCUT2D eigenvalue weighted by atomic mass is 35.5. The molecule has 1 aromatic heterocycles. The number of Topliss-reactive ketones (excluding diaryl/α,β-unsaturated/α-hetero) is 1. The summed E-state index contributed by atoms with van der Waals surface area (Å²) >= 11 is 5.94. The van der Waals surface area contributed by atoms with E-state index in [1.165, 1.54) is 18.2 Å². The maximum Gasteiger partial charge on any atom is 0.301 e. The number of benzene rings is 2. The SMILES string of the molecule is CCOc1cc(C2/C(=C(\O)c3ccc(Cl)cc3)C(=O)C(=O)N2c2cc(C)on2)ccc1O. The third kappa shape index (κ3) is 3.69. The van der Waals surface area contributed by atoms with Crippen LogP contribution in [0.1, 0.15) is 29.9 Å². The number of nitrogens with zero attached hydrogens (tertiary/aromatic N) is 2. The summed E-state index contributed by atoms with van der Waals surface area (Å²) in [6.45, 7) is 3.71. The van der Waals surface area contributed by atoms with Crippen LogP contribution in [0.3, 0.4) is 0 Å². The van der Waals surface area contributed by atoms with Gasteiger partial charge in [0.2, 0.25) is 0 Å². The fraction of sp³-hybridized carbons (Fsp3) is 0.174. The molecule has 1 saturated heterocycles. The van der Waals surface area contributed by atoms with Gasteiger partial charge in [-0.3, -0.25) is 14.5 Å². The number of aliphatic hydroxyl groups excluding tert-OH is 1. The van der Waals surface area contributed by atoms with Crippen molar-refractivity contribution in [3.63, 3.8) is 0 Å². The first-order valence-electron chi connectivity index (χ1n) is 9.77. The van der Waals surface area contributed by atoms with E-state index in [2.05, 4.69) is 5.16 Å². The summed E-state index contributed by atoms with van der Waals surface area (Å²) in [7, 11) is 0. The number of rotatable bonds is 5. The van der Waals surface area contributed by atoms with Gasteiger partial charge in [-0.15, -0.1) is 0 Å². The van der Waals surface area contributed by atoms with E-state index in [0.717, 1.165) is 4.90 Å². The predicted octanol–water partition coefficient (Wildman–Crippen LogP) is 4.37. The van der Waals surface area contributed by atoms with Gasteiger partial charge in [-0.2, -0.15) is 0 Å². The van der Waals surface area contributed by atoms with Crippen LogP contribution in [-0.4, -0.2) is 33.7 Å². The number of ketones is 1. The number of carbonyl (C=O) groups excluding carboxylic acids is 2. The minimum absolute atomic E-state index is 0.0949. The van der Waals surface area contributed by atoms with Crippen LogP contribution in [0.4, 0.5) is 5.82 Å². The van der Waals surface area contributed by atoms with E-state index in [4.69, 9.17) is 20.9 Å². The van der Waals surface area contributed by atoms with Crippen molar-refractivity contribution in [3.05, 3.63) is 76.0 Å². The van der Waals surface area contributed by atoms with Gasteiger partial charge < -0.3 is 19.5 Å². The number of carbonyl (C=O) groups is 2. The van der Waals surface area contributed by atoms with Crippen LogP contribution >= 0.6 is 11.6 Å². The van der Waals surface area contributed by atoms with Gasteiger partial charge in [0, 0.05) is 16.7 Å². The molecule has 0 radical (unpaired) electrons. The summed E-state index contributed by atoms with van der Waals surface area (Å²) in [4.78, 5) is 27.2. The van der Waals surface area contributed by atoms with E-state index in [1.54, 1.807) is 44.2 Å². The Hall–Kier alpha value is -3.78. The van der Waals surface area contributed by atoms with Crippen molar-refractivity contribution in [2.24, 2.45) is 0 Å². The largest absolute Gasteiger partial charge is 0.507 e. The van der Waals surface area contributed by atoms with Gasteiger partial charge in [0.1, 0.15) is 11.5 Å². The molecule has 2 aromatic carbocycles. The van der Waals surface area contributed by atoms with Gasteiger partial charge in [0.25, 0.3) is 5.78 Å². The maximum atomic E-state index is 13.1. The Labute approximate surface area is 188 Å². The first kappa shape index (κ1) is 21.5. The Balaban J connectivity index is 1.94. The van der Waals surface area contributed by atoms with Crippen LogP contribution < -0.4 is 9.64 Å². The molecule has 164 valence electrons. The molecule has 1 aliphatic rings. The van der Waals surface area contributed by atoms with Crippen molar-refractivity contribution in [1.29, 1.82) is 0 Å². The van der Waals surface area contributed by atoms with Crippen LogP contribution in [0.15, 0.2) is 58.6 Å². The maximum absolute atomic E-state index is 13.1. The molecule has 0 aliphatic carbocycles. The van der Waals surface area contributed by atoms with Crippen molar-refractivity contribution in [2.45, 2.75) is 19.9 Å². The standard InChI is InChI=1S/C23H19ClN2O6/c1-3-31-17-11-14(6-9-16(17)27)20-19(21(28)13-4-7-15(24)8-5-13)22(29)23(30)26(20)18-10-12(2)32-25-18/h4-11,20,27-28H,3H2,1-2H3/b21-19+. The first-order chi connectivity index (χ1) is 15.3. The average Bonchev–Trinajstić information content (AvgIpc) is 3.31. The second-order valence-electron chi connectivity index (χ2n) is 7.13. The smallest absolute Gasteiger partial charge is 0.301 e. The van der Waals surface area contributed by atoms with Gasteiger partial charge >= 0.3 is 5.91 Å². The van der Waals surface area contributed by atoms with Gasteiger partial charge in [-0.25, -0.2) is 0 Å². The Bertz CT molecular complexity index is 1230. The molecule has 0 saturated carbocycles. The average molecular weight is 455 g/mol. The molecule has 1 fully saturated rings. The zero-order valence-electron chi connectivity index (χ0n) is 17.2. The fourth-order valence-corrected chi connectivity index (χ4v) is 3.71. The zero-order valence-corrected chi connectivity index (χ0v) is 18.0. The van der Waals surface area contributed by atoms with E-state index < -0.39 is 17.7 Å². The predicted molar refractivity (Wildman–Crippen MR) is 117 cm³/mol. The molecule has 8 nitrogen and oxygen atoms in total. The van der Waals surface area contributed by atoms with Gasteiger partial charge in [-0.05, 0) is 55.8 Å². The van der Waals surface area contributed by atoms with E-state index >= 15 is 0 Å². The Morgan fingerprint density at radius 2 is 1.91 bits per heavy atom. The van der Waals surface area contributed by atoms with Gasteiger partial charge in [0.15, 0.2) is 17.3 Å². The third-order valence-corrected chi connectivity index (χ3v) is 5.28. The zero-order chi connectivity index (χ0) is 23.0. The molecule has 2 heterocycles. The van der Waals surface area contributed by atoms with Crippen molar-refractivity contribution < 1.29 is 29.1 Å². The number of aliphatic hydroxyl groups is 1. The second-order valence-corrected chi connectivity index (χ2v) is 7.57. The van der Waals surface area contributed by atoms with Crippen molar-refractivity contribution in [3.8, 4) is 11.5 Å². The number of halogens is 1. The molecule has 1 atom stereocenters. The molecule has 0 bridgehead atoms. The lowest BCUT2D eigenvalue weighted by molar-refractivity contribution is -0.132. The van der Waals surface area contributed by atoms with Gasteiger partial charge in [0.05, 0.1) is 18.2 Å². The van der Waals surface area contributed by atoms with E-state index in [-0.39, 0.29) is 28.6 Å². The summed E-state index contributed by atoms with van der Waals surface area (Å²) in [5.74, 6) is -1.46. The molecule has 32 heavy (non-hydrogen) atoms. The fourth-order valence-electron chi connectivity index (χ4n) is 3.59. The monoisotopic (exact) mass is 454 g/mol. The molecular formula is C23H19ClN2O6. The molecule has 1 amide bonds. The molecular weight excluding hydrogens is 436 g/mol. The first-order valence-corrected chi connectivity index (χ1v) is 10.2. The summed E-state index contributed by atoms with van der Waals surface area (Å²) in [6.07, 6.45) is 0. The number of aryl methyl sites for hydroxylation is 1. The molecule has 1 aliphatic heterocycles. The second kappa shape index (κ2) is 8.39. The molecule has 0 spiro atoms. The van der Waals surface area contributed by atoms with E-state index in [9.17, 15) is 19.8 Å². The number of ether oxygens (including phenoxy) is 1. The normalized spacial score (nSPS) is 17.7. The summed E-state index contributed by atoms with van der Waals surface area (Å²) in [6, 6.07) is 11.2. The number of hydrogen-bond donors (Lipinski definition) is 2. The van der Waals surface area contributed by atoms with Crippen LogP contribution in [0, 0.1) is 6.92 Å². The summed E-state index contributed by atoms with van der Waals surface area (Å²) in [5, 5.41) is 25.5. The Kier molecular flexibility index (Phi) is 5.63. The molecule has 4 rings (SSSR count). The number of phenols is 1. The lowest BCUT2D eigenvalue weighted by Gasteiger charge is -2.23. The van der Waals surface area contributed by atoms with Crippen molar-refractivity contribution >= 4 is 34.9 Å². The van der Waals surface area contributed by atoms with E-state index in [0.29, 0.717) is 28.5 Å². The van der Waals surface area contributed by atoms with Gasteiger partial charge in [-0.1, -0.05) is 22.8 Å². The number of amides is 1.